The molecule has 0 fully saturated rings. The lowest BCUT2D eigenvalue weighted by atomic mass is 10.2. The molecule has 15 heavy (non-hydrogen) atoms. The van der Waals surface area contributed by atoms with E-state index in [0.717, 1.165) is 5.57 Å². The summed E-state index contributed by atoms with van der Waals surface area (Å²) in [6, 6.07) is 6.93. The van der Waals surface area contributed by atoms with Gasteiger partial charge >= 0.3 is 0 Å². The molecule has 2 nitrogen and oxygen atoms in total. The summed E-state index contributed by atoms with van der Waals surface area (Å²) in [5.41, 5.74) is 1.55. The second-order valence-electron chi connectivity index (χ2n) is 3.63. The van der Waals surface area contributed by atoms with Crippen LogP contribution in [0.4, 0.5) is 0 Å². The van der Waals surface area contributed by atoms with E-state index in [-0.39, 0.29) is 5.91 Å². The van der Waals surface area contributed by atoms with E-state index in [1.807, 2.05) is 6.92 Å². The summed E-state index contributed by atoms with van der Waals surface area (Å²) in [6.45, 7) is 6.22. The van der Waals surface area contributed by atoms with Gasteiger partial charge in [0.15, 0.2) is 0 Å². The van der Waals surface area contributed by atoms with Gasteiger partial charge in [-0.2, -0.15) is 0 Å². The van der Waals surface area contributed by atoms with Crippen molar-refractivity contribution >= 4 is 17.5 Å². The molecule has 0 aromatic heterocycles. The Hall–Kier alpha value is -1.28. The number of carbonyl (C=O) groups excluding carboxylic acids is 1. The molecular formula is C12H14ClNO. The molecule has 80 valence electrons. The van der Waals surface area contributed by atoms with Crippen molar-refractivity contribution in [3.8, 4) is 0 Å². The van der Waals surface area contributed by atoms with Crippen LogP contribution in [-0.4, -0.2) is 24.4 Å². The van der Waals surface area contributed by atoms with Crippen LogP contribution in [0.15, 0.2) is 36.4 Å². The molecule has 0 unspecified atom stereocenters. The molecule has 0 aliphatic carbocycles. The first-order valence-corrected chi connectivity index (χ1v) is 5.04. The molecular weight excluding hydrogens is 210 g/mol. The predicted molar refractivity (Wildman–Crippen MR) is 63.2 cm³/mol. The highest BCUT2D eigenvalue weighted by Gasteiger charge is 2.11. The molecule has 0 heterocycles. The lowest BCUT2D eigenvalue weighted by Gasteiger charge is -2.17. The number of halogens is 1. The number of carbonyl (C=O) groups is 1. The standard InChI is InChI=1S/C12H14ClNO/c1-9(2)8-14(3)12(15)10-5-4-6-11(13)7-10/h4-7H,1,8H2,2-3H3. The topological polar surface area (TPSA) is 20.3 Å². The van der Waals surface area contributed by atoms with Crippen molar-refractivity contribution in [1.29, 1.82) is 0 Å². The van der Waals surface area contributed by atoms with E-state index >= 15 is 0 Å². The average molecular weight is 224 g/mol. The number of hydrogen-bond donors (Lipinski definition) is 0. The molecule has 1 amide bonds. The molecule has 0 saturated heterocycles. The summed E-state index contributed by atoms with van der Waals surface area (Å²) >= 11 is 5.81. The molecule has 0 N–H and O–H groups in total. The minimum atomic E-state index is -0.0412. The van der Waals surface area contributed by atoms with Crippen molar-refractivity contribution in [2.24, 2.45) is 0 Å². The molecule has 0 aliphatic rings. The molecule has 0 atom stereocenters. The summed E-state index contributed by atoms with van der Waals surface area (Å²) in [6.07, 6.45) is 0. The van der Waals surface area contributed by atoms with Crippen LogP contribution in [-0.2, 0) is 0 Å². The highest BCUT2D eigenvalue weighted by atomic mass is 35.5. The quantitative estimate of drug-likeness (QED) is 0.722. The van der Waals surface area contributed by atoms with E-state index in [9.17, 15) is 4.79 Å². The third-order valence-corrected chi connectivity index (χ3v) is 2.16. The van der Waals surface area contributed by atoms with E-state index in [1.165, 1.54) is 0 Å². The molecule has 3 heteroatoms. The van der Waals surface area contributed by atoms with Gasteiger partial charge in [-0.25, -0.2) is 0 Å². The second kappa shape index (κ2) is 4.99. The lowest BCUT2D eigenvalue weighted by Crippen LogP contribution is -2.28. The largest absolute Gasteiger partial charge is 0.338 e. The summed E-state index contributed by atoms with van der Waals surface area (Å²) < 4.78 is 0. The van der Waals surface area contributed by atoms with E-state index in [4.69, 9.17) is 11.6 Å². The van der Waals surface area contributed by atoms with Gasteiger partial charge in [-0.15, -0.1) is 0 Å². The fourth-order valence-electron chi connectivity index (χ4n) is 1.32. The van der Waals surface area contributed by atoms with Gasteiger partial charge in [0.1, 0.15) is 0 Å². The van der Waals surface area contributed by atoms with Gasteiger partial charge in [0.05, 0.1) is 0 Å². The highest BCUT2D eigenvalue weighted by molar-refractivity contribution is 6.30. The number of nitrogens with zero attached hydrogens (tertiary/aromatic N) is 1. The molecule has 0 aliphatic heterocycles. The van der Waals surface area contributed by atoms with Crippen LogP contribution in [0, 0.1) is 0 Å². The van der Waals surface area contributed by atoms with Crippen LogP contribution in [0.2, 0.25) is 5.02 Å². The molecule has 1 aromatic carbocycles. The zero-order valence-electron chi connectivity index (χ0n) is 8.96. The van der Waals surface area contributed by atoms with Crippen molar-refractivity contribution in [2.75, 3.05) is 13.6 Å². The van der Waals surface area contributed by atoms with E-state index in [1.54, 1.807) is 36.2 Å². The Morgan fingerprint density at radius 2 is 2.20 bits per heavy atom. The third-order valence-electron chi connectivity index (χ3n) is 1.93. The van der Waals surface area contributed by atoms with Gasteiger partial charge in [0.25, 0.3) is 5.91 Å². The normalized spacial score (nSPS) is 9.80. The van der Waals surface area contributed by atoms with Crippen LogP contribution >= 0.6 is 11.6 Å². The fraction of sp³-hybridized carbons (Fsp3) is 0.250. The first-order chi connectivity index (χ1) is 7.00. The monoisotopic (exact) mass is 223 g/mol. The lowest BCUT2D eigenvalue weighted by molar-refractivity contribution is 0.0807. The van der Waals surface area contributed by atoms with Gasteiger partial charge in [0, 0.05) is 24.2 Å². The predicted octanol–water partition coefficient (Wildman–Crippen LogP) is 2.99. The highest BCUT2D eigenvalue weighted by Crippen LogP contribution is 2.12. The van der Waals surface area contributed by atoms with Gasteiger partial charge in [-0.1, -0.05) is 29.8 Å². The van der Waals surface area contributed by atoms with Crippen LogP contribution in [0.25, 0.3) is 0 Å². The first kappa shape index (κ1) is 11.8. The maximum Gasteiger partial charge on any atom is 0.253 e. The molecule has 0 radical (unpaired) electrons. The van der Waals surface area contributed by atoms with Crippen LogP contribution in [0.1, 0.15) is 17.3 Å². The summed E-state index contributed by atoms with van der Waals surface area (Å²) in [4.78, 5) is 13.5. The van der Waals surface area contributed by atoms with Crippen molar-refractivity contribution in [3.05, 3.63) is 47.0 Å². The minimum Gasteiger partial charge on any atom is -0.338 e. The van der Waals surface area contributed by atoms with Crippen molar-refractivity contribution < 1.29 is 4.79 Å². The van der Waals surface area contributed by atoms with Gasteiger partial charge in [-0.3, -0.25) is 4.79 Å². The Labute approximate surface area is 95.2 Å². The number of rotatable bonds is 3. The van der Waals surface area contributed by atoms with Crippen molar-refractivity contribution in [2.45, 2.75) is 6.92 Å². The smallest absolute Gasteiger partial charge is 0.253 e. The minimum absolute atomic E-state index is 0.0412. The number of benzene rings is 1. The maximum atomic E-state index is 11.9. The van der Waals surface area contributed by atoms with E-state index < -0.39 is 0 Å². The number of likely N-dealkylation sites (N-methyl/N-ethyl adjacent to an activating group) is 1. The van der Waals surface area contributed by atoms with Crippen molar-refractivity contribution in [1.82, 2.24) is 4.90 Å². The molecule has 1 rings (SSSR count). The molecule has 0 bridgehead atoms. The maximum absolute atomic E-state index is 11.9. The zero-order valence-corrected chi connectivity index (χ0v) is 9.71. The SMILES string of the molecule is C=C(C)CN(C)C(=O)c1cccc(Cl)c1. The Bertz CT molecular complexity index is 387. The van der Waals surface area contributed by atoms with Gasteiger partial charge in [-0.05, 0) is 25.1 Å². The third kappa shape index (κ3) is 3.40. The Morgan fingerprint density at radius 3 is 2.73 bits per heavy atom. The first-order valence-electron chi connectivity index (χ1n) is 4.66. The Balaban J connectivity index is 2.80. The molecule has 1 aromatic rings. The Morgan fingerprint density at radius 1 is 1.53 bits per heavy atom. The second-order valence-corrected chi connectivity index (χ2v) is 4.07. The average Bonchev–Trinajstić information content (AvgIpc) is 2.15. The van der Waals surface area contributed by atoms with Crippen LogP contribution in [0.5, 0.6) is 0 Å². The zero-order chi connectivity index (χ0) is 11.4. The van der Waals surface area contributed by atoms with Gasteiger partial charge < -0.3 is 4.90 Å². The Kier molecular flexibility index (Phi) is 3.92. The fourth-order valence-corrected chi connectivity index (χ4v) is 1.51. The van der Waals surface area contributed by atoms with Crippen LogP contribution in [0.3, 0.4) is 0 Å². The van der Waals surface area contributed by atoms with Gasteiger partial charge in [0.2, 0.25) is 0 Å². The molecule has 0 spiro atoms. The molecule has 0 saturated carbocycles. The van der Waals surface area contributed by atoms with E-state index in [2.05, 4.69) is 6.58 Å². The summed E-state index contributed by atoms with van der Waals surface area (Å²) in [5.74, 6) is -0.0412. The summed E-state index contributed by atoms with van der Waals surface area (Å²) in [7, 11) is 1.75. The number of amides is 1. The van der Waals surface area contributed by atoms with E-state index in [0.29, 0.717) is 17.1 Å². The summed E-state index contributed by atoms with van der Waals surface area (Å²) in [5, 5.41) is 0.574. The van der Waals surface area contributed by atoms with Crippen molar-refractivity contribution in [3.63, 3.8) is 0 Å². The van der Waals surface area contributed by atoms with Crippen LogP contribution < -0.4 is 0 Å². The number of hydrogen-bond acceptors (Lipinski definition) is 1.